The van der Waals surface area contributed by atoms with Gasteiger partial charge in [0.25, 0.3) is 5.91 Å². The number of hydrogen-bond donors (Lipinski definition) is 1. The number of hydrogen-bond acceptors (Lipinski definition) is 5. The molecule has 8 heteroatoms. The molecule has 0 aliphatic carbocycles. The van der Waals surface area contributed by atoms with Crippen molar-refractivity contribution in [3.05, 3.63) is 58.6 Å². The van der Waals surface area contributed by atoms with Gasteiger partial charge in [-0.3, -0.25) is 9.89 Å². The molecule has 156 valence electrons. The fourth-order valence-corrected chi connectivity index (χ4v) is 4.10. The number of piperidine rings is 1. The molecule has 1 aliphatic rings. The molecule has 30 heavy (non-hydrogen) atoms. The summed E-state index contributed by atoms with van der Waals surface area (Å²) in [7, 11) is 3.85. The van der Waals surface area contributed by atoms with E-state index in [1.54, 1.807) is 6.20 Å². The maximum absolute atomic E-state index is 13.0. The minimum atomic E-state index is 0.0112. The van der Waals surface area contributed by atoms with Gasteiger partial charge in [-0.25, -0.2) is 9.97 Å². The average Bonchev–Trinajstić information content (AvgIpc) is 3.18. The molecule has 0 radical (unpaired) electrons. The second kappa shape index (κ2) is 8.44. The van der Waals surface area contributed by atoms with Gasteiger partial charge in [-0.15, -0.1) is 0 Å². The predicted octanol–water partition coefficient (Wildman–Crippen LogP) is 3.91. The summed E-state index contributed by atoms with van der Waals surface area (Å²) >= 11 is 6.24. The second-order valence-electron chi connectivity index (χ2n) is 7.87. The molecule has 1 amide bonds. The molecule has 1 aliphatic heterocycles. The second-order valence-corrected chi connectivity index (χ2v) is 8.31. The van der Waals surface area contributed by atoms with Gasteiger partial charge in [0.05, 0.1) is 17.5 Å². The SMILES string of the molecule is Cc1[nH]ncc1C(=O)N1CCC[C@H](c2nc(N(C)C)ncc2-c2cccc(Cl)c2)C1. The Bertz CT molecular complexity index is 1060. The number of aryl methyl sites for hydroxylation is 1. The minimum absolute atomic E-state index is 0.0112. The number of aromatic amines is 1. The molecule has 0 bridgehead atoms. The number of anilines is 1. The van der Waals surface area contributed by atoms with Crippen LogP contribution in [-0.2, 0) is 0 Å². The smallest absolute Gasteiger partial charge is 0.257 e. The molecule has 3 heterocycles. The van der Waals surface area contributed by atoms with E-state index < -0.39 is 0 Å². The van der Waals surface area contributed by atoms with Crippen LogP contribution in [0.5, 0.6) is 0 Å². The van der Waals surface area contributed by atoms with E-state index in [0.717, 1.165) is 41.9 Å². The van der Waals surface area contributed by atoms with Crippen LogP contribution in [0.2, 0.25) is 5.02 Å². The number of amides is 1. The zero-order valence-electron chi connectivity index (χ0n) is 17.4. The van der Waals surface area contributed by atoms with E-state index in [4.69, 9.17) is 16.6 Å². The Labute approximate surface area is 181 Å². The van der Waals surface area contributed by atoms with E-state index in [-0.39, 0.29) is 11.8 Å². The highest BCUT2D eigenvalue weighted by Crippen LogP contribution is 2.35. The van der Waals surface area contributed by atoms with Crippen molar-refractivity contribution in [2.75, 3.05) is 32.1 Å². The summed E-state index contributed by atoms with van der Waals surface area (Å²) in [6, 6.07) is 7.73. The predicted molar refractivity (Wildman–Crippen MR) is 118 cm³/mol. The molecule has 0 saturated carbocycles. The number of benzene rings is 1. The summed E-state index contributed by atoms with van der Waals surface area (Å²) in [5, 5.41) is 7.52. The third-order valence-corrected chi connectivity index (χ3v) is 5.73. The van der Waals surface area contributed by atoms with Crippen molar-refractivity contribution in [3.8, 4) is 11.1 Å². The van der Waals surface area contributed by atoms with Gasteiger partial charge in [0.15, 0.2) is 0 Å². The van der Waals surface area contributed by atoms with E-state index in [1.807, 2.05) is 61.3 Å². The van der Waals surface area contributed by atoms with Crippen molar-refractivity contribution >= 4 is 23.5 Å². The molecule has 1 atom stereocenters. The molecule has 7 nitrogen and oxygen atoms in total. The standard InChI is InChI=1S/C22H25ClN6O/c1-14-18(12-25-27-14)21(30)29-9-5-7-16(13-29)20-19(11-24-22(26-20)28(2)3)15-6-4-8-17(23)10-15/h4,6,8,10-12,16H,5,7,9,13H2,1-3H3,(H,25,27)/t16-/m0/s1. The number of nitrogens with one attached hydrogen (secondary N) is 1. The number of nitrogens with zero attached hydrogens (tertiary/aromatic N) is 5. The Morgan fingerprint density at radius 1 is 1.30 bits per heavy atom. The van der Waals surface area contributed by atoms with Gasteiger partial charge in [-0.2, -0.15) is 5.10 Å². The molecule has 2 aromatic heterocycles. The van der Waals surface area contributed by atoms with Gasteiger partial charge in [0.1, 0.15) is 0 Å². The number of halogens is 1. The Hall–Kier alpha value is -2.93. The molecule has 1 saturated heterocycles. The molecule has 1 fully saturated rings. The Morgan fingerprint density at radius 3 is 2.83 bits per heavy atom. The minimum Gasteiger partial charge on any atom is -0.347 e. The Morgan fingerprint density at radius 2 is 2.13 bits per heavy atom. The van der Waals surface area contributed by atoms with Crippen LogP contribution >= 0.6 is 11.6 Å². The lowest BCUT2D eigenvalue weighted by Crippen LogP contribution is -2.39. The number of carbonyl (C=O) groups excluding carboxylic acids is 1. The highest BCUT2D eigenvalue weighted by atomic mass is 35.5. The van der Waals surface area contributed by atoms with Crippen LogP contribution in [0.1, 0.15) is 40.5 Å². The first-order valence-electron chi connectivity index (χ1n) is 10.0. The normalized spacial score (nSPS) is 16.5. The molecule has 4 rings (SSSR count). The van der Waals surface area contributed by atoms with Crippen molar-refractivity contribution in [2.45, 2.75) is 25.7 Å². The first kappa shape index (κ1) is 20.3. The van der Waals surface area contributed by atoms with Gasteiger partial charge in [-0.05, 0) is 37.5 Å². The number of carbonyl (C=O) groups is 1. The van der Waals surface area contributed by atoms with Crippen LogP contribution in [0.4, 0.5) is 5.95 Å². The topological polar surface area (TPSA) is 78.0 Å². The third-order valence-electron chi connectivity index (χ3n) is 5.50. The lowest BCUT2D eigenvalue weighted by atomic mass is 9.89. The van der Waals surface area contributed by atoms with Crippen molar-refractivity contribution in [2.24, 2.45) is 0 Å². The molecule has 1 N–H and O–H groups in total. The first-order chi connectivity index (χ1) is 14.4. The van der Waals surface area contributed by atoms with E-state index >= 15 is 0 Å². The van der Waals surface area contributed by atoms with Gasteiger partial charge < -0.3 is 9.80 Å². The van der Waals surface area contributed by atoms with Crippen molar-refractivity contribution in [1.29, 1.82) is 0 Å². The summed E-state index contributed by atoms with van der Waals surface area (Å²) in [5.74, 6) is 0.785. The largest absolute Gasteiger partial charge is 0.347 e. The average molecular weight is 425 g/mol. The van der Waals surface area contributed by atoms with Crippen LogP contribution in [0.25, 0.3) is 11.1 Å². The lowest BCUT2D eigenvalue weighted by Gasteiger charge is -2.33. The molecular weight excluding hydrogens is 400 g/mol. The zero-order chi connectivity index (χ0) is 21.3. The Kier molecular flexibility index (Phi) is 5.72. The van der Waals surface area contributed by atoms with E-state index in [9.17, 15) is 4.79 Å². The fourth-order valence-electron chi connectivity index (χ4n) is 3.91. The molecular formula is C22H25ClN6O. The lowest BCUT2D eigenvalue weighted by molar-refractivity contribution is 0.0705. The molecule has 3 aromatic rings. The van der Waals surface area contributed by atoms with Gasteiger partial charge >= 0.3 is 0 Å². The third kappa shape index (κ3) is 4.03. The van der Waals surface area contributed by atoms with Crippen LogP contribution in [0.15, 0.2) is 36.7 Å². The zero-order valence-corrected chi connectivity index (χ0v) is 18.1. The van der Waals surface area contributed by atoms with Crippen molar-refractivity contribution < 1.29 is 4.79 Å². The number of H-pyrrole nitrogens is 1. The number of aromatic nitrogens is 4. The number of likely N-dealkylation sites (tertiary alicyclic amines) is 1. The monoisotopic (exact) mass is 424 g/mol. The summed E-state index contributed by atoms with van der Waals surface area (Å²) in [5.41, 5.74) is 4.32. The summed E-state index contributed by atoms with van der Waals surface area (Å²) in [6.45, 7) is 3.21. The van der Waals surface area contributed by atoms with E-state index in [0.29, 0.717) is 23.1 Å². The van der Waals surface area contributed by atoms with Crippen LogP contribution < -0.4 is 4.90 Å². The maximum Gasteiger partial charge on any atom is 0.257 e. The molecule has 0 spiro atoms. The number of rotatable bonds is 4. The van der Waals surface area contributed by atoms with Gasteiger partial charge in [0.2, 0.25) is 5.95 Å². The highest BCUT2D eigenvalue weighted by Gasteiger charge is 2.29. The fraction of sp³-hybridized carbons (Fsp3) is 0.364. The van der Waals surface area contributed by atoms with E-state index in [1.165, 1.54) is 0 Å². The highest BCUT2D eigenvalue weighted by molar-refractivity contribution is 6.30. The summed E-state index contributed by atoms with van der Waals surface area (Å²) in [4.78, 5) is 26.3. The van der Waals surface area contributed by atoms with Gasteiger partial charge in [-0.1, -0.05) is 23.7 Å². The Balaban J connectivity index is 1.70. The maximum atomic E-state index is 13.0. The van der Waals surface area contributed by atoms with Crippen LogP contribution in [0.3, 0.4) is 0 Å². The summed E-state index contributed by atoms with van der Waals surface area (Å²) < 4.78 is 0. The molecule has 1 aromatic carbocycles. The van der Waals surface area contributed by atoms with Crippen LogP contribution in [0, 0.1) is 6.92 Å². The molecule has 0 unspecified atom stereocenters. The summed E-state index contributed by atoms with van der Waals surface area (Å²) in [6.07, 6.45) is 5.35. The van der Waals surface area contributed by atoms with Gasteiger partial charge in [0, 0.05) is 55.6 Å². The van der Waals surface area contributed by atoms with Crippen molar-refractivity contribution in [1.82, 2.24) is 25.1 Å². The van der Waals surface area contributed by atoms with E-state index in [2.05, 4.69) is 15.2 Å². The quantitative estimate of drug-likeness (QED) is 0.686. The first-order valence-corrected chi connectivity index (χ1v) is 10.4. The van der Waals surface area contributed by atoms with Crippen molar-refractivity contribution in [3.63, 3.8) is 0 Å². The van der Waals surface area contributed by atoms with Crippen LogP contribution in [-0.4, -0.2) is 58.2 Å².